The smallest absolute Gasteiger partial charge is 0.000728 e. The SMILES string of the molecule is c1ccc(-c2ccccc2Cc2c3ccccc3c(-c3cc(-c4ccc5ccccc5c4)c4ccccc4c3)c3ccccc23)cc1. The average Bonchev–Trinajstić information content (AvgIpc) is 3.14. The van der Waals surface area contributed by atoms with Crippen LogP contribution in [0.4, 0.5) is 0 Å². The molecule has 0 radical (unpaired) electrons. The van der Waals surface area contributed by atoms with Crippen LogP contribution in [0.15, 0.2) is 182 Å². The Bertz CT molecular complexity index is 2530. The monoisotopic (exact) mass is 596 g/mol. The molecule has 9 aromatic carbocycles. The van der Waals surface area contributed by atoms with Gasteiger partial charge < -0.3 is 0 Å². The molecule has 0 heteroatoms. The van der Waals surface area contributed by atoms with E-state index in [9.17, 15) is 0 Å². The summed E-state index contributed by atoms with van der Waals surface area (Å²) in [5, 5.41) is 10.2. The molecular weight excluding hydrogens is 565 g/mol. The van der Waals surface area contributed by atoms with E-state index >= 15 is 0 Å². The van der Waals surface area contributed by atoms with Crippen molar-refractivity contribution in [1.29, 1.82) is 0 Å². The molecule has 47 heavy (non-hydrogen) atoms. The molecule has 0 saturated carbocycles. The first-order chi connectivity index (χ1) is 23.3. The molecule has 0 unspecified atom stereocenters. The molecule has 9 rings (SSSR count). The lowest BCUT2D eigenvalue weighted by molar-refractivity contribution is 1.23. The molecule has 0 N–H and O–H groups in total. The zero-order valence-electron chi connectivity index (χ0n) is 26.0. The van der Waals surface area contributed by atoms with E-state index in [4.69, 9.17) is 0 Å². The van der Waals surface area contributed by atoms with Crippen LogP contribution in [0.1, 0.15) is 11.1 Å². The number of hydrogen-bond donors (Lipinski definition) is 0. The maximum absolute atomic E-state index is 2.42. The van der Waals surface area contributed by atoms with Crippen LogP contribution < -0.4 is 0 Å². The summed E-state index contributed by atoms with van der Waals surface area (Å²) < 4.78 is 0. The highest BCUT2D eigenvalue weighted by molar-refractivity contribution is 6.17. The Hall–Kier alpha value is -5.98. The van der Waals surface area contributed by atoms with Gasteiger partial charge in [0.1, 0.15) is 0 Å². The second kappa shape index (κ2) is 11.4. The van der Waals surface area contributed by atoms with Gasteiger partial charge in [-0.3, -0.25) is 0 Å². The zero-order chi connectivity index (χ0) is 31.2. The van der Waals surface area contributed by atoms with Crippen LogP contribution in [-0.4, -0.2) is 0 Å². The van der Waals surface area contributed by atoms with Crippen molar-refractivity contribution in [2.24, 2.45) is 0 Å². The number of hydrogen-bond acceptors (Lipinski definition) is 0. The third-order valence-corrected chi connectivity index (χ3v) is 9.72. The Morgan fingerprint density at radius 1 is 0.298 bits per heavy atom. The van der Waals surface area contributed by atoms with Crippen LogP contribution in [0.5, 0.6) is 0 Å². The van der Waals surface area contributed by atoms with Gasteiger partial charge in [0.2, 0.25) is 0 Å². The minimum Gasteiger partial charge on any atom is -0.0622 e. The first kappa shape index (κ1) is 27.3. The van der Waals surface area contributed by atoms with E-state index in [1.165, 1.54) is 87.6 Å². The molecule has 0 saturated heterocycles. The van der Waals surface area contributed by atoms with Gasteiger partial charge in [-0.1, -0.05) is 164 Å². The van der Waals surface area contributed by atoms with Crippen molar-refractivity contribution in [2.75, 3.05) is 0 Å². The maximum Gasteiger partial charge on any atom is -0.000728 e. The molecule has 0 aromatic heterocycles. The first-order valence-electron chi connectivity index (χ1n) is 16.4. The molecule has 220 valence electrons. The molecule has 0 fully saturated rings. The molecule has 0 aliphatic rings. The van der Waals surface area contributed by atoms with Gasteiger partial charge in [-0.05, 0) is 112 Å². The van der Waals surface area contributed by atoms with E-state index in [0.29, 0.717) is 0 Å². The molecule has 0 heterocycles. The number of rotatable bonds is 5. The summed E-state index contributed by atoms with van der Waals surface area (Å²) in [6.07, 6.45) is 0.854. The van der Waals surface area contributed by atoms with Crippen LogP contribution in [0, 0.1) is 0 Å². The predicted octanol–water partition coefficient (Wildman–Crippen LogP) is 12.9. The minimum atomic E-state index is 0.854. The van der Waals surface area contributed by atoms with E-state index < -0.39 is 0 Å². The van der Waals surface area contributed by atoms with E-state index in [1.807, 2.05) is 0 Å². The van der Waals surface area contributed by atoms with Crippen LogP contribution in [0.2, 0.25) is 0 Å². The van der Waals surface area contributed by atoms with Gasteiger partial charge in [-0.15, -0.1) is 0 Å². The molecule has 0 nitrogen and oxygen atoms in total. The average molecular weight is 597 g/mol. The summed E-state index contributed by atoms with van der Waals surface area (Å²) in [7, 11) is 0. The van der Waals surface area contributed by atoms with Crippen molar-refractivity contribution >= 4 is 43.1 Å². The van der Waals surface area contributed by atoms with Gasteiger partial charge in [-0.2, -0.15) is 0 Å². The zero-order valence-corrected chi connectivity index (χ0v) is 26.0. The van der Waals surface area contributed by atoms with Gasteiger partial charge >= 0.3 is 0 Å². The van der Waals surface area contributed by atoms with Crippen molar-refractivity contribution < 1.29 is 0 Å². The Balaban J connectivity index is 1.30. The van der Waals surface area contributed by atoms with Crippen molar-refractivity contribution in [2.45, 2.75) is 6.42 Å². The summed E-state index contributed by atoms with van der Waals surface area (Å²) >= 11 is 0. The van der Waals surface area contributed by atoms with Crippen LogP contribution in [0.3, 0.4) is 0 Å². The van der Waals surface area contributed by atoms with Crippen LogP contribution in [-0.2, 0) is 6.42 Å². The third kappa shape index (κ3) is 4.78. The second-order valence-corrected chi connectivity index (χ2v) is 12.5. The Kier molecular flexibility index (Phi) is 6.65. The highest BCUT2D eigenvalue weighted by Gasteiger charge is 2.18. The fourth-order valence-electron chi connectivity index (χ4n) is 7.54. The van der Waals surface area contributed by atoms with Crippen molar-refractivity contribution in [3.8, 4) is 33.4 Å². The topological polar surface area (TPSA) is 0 Å². The van der Waals surface area contributed by atoms with Crippen molar-refractivity contribution in [1.82, 2.24) is 0 Å². The molecular formula is C47H32. The van der Waals surface area contributed by atoms with Gasteiger partial charge in [-0.25, -0.2) is 0 Å². The fourth-order valence-corrected chi connectivity index (χ4v) is 7.54. The first-order valence-corrected chi connectivity index (χ1v) is 16.4. The Labute approximate surface area is 275 Å². The highest BCUT2D eigenvalue weighted by atomic mass is 14.2. The summed E-state index contributed by atoms with van der Waals surface area (Å²) in [5.74, 6) is 0. The minimum absolute atomic E-state index is 0.854. The normalized spacial score (nSPS) is 11.5. The predicted molar refractivity (Wildman–Crippen MR) is 202 cm³/mol. The van der Waals surface area contributed by atoms with E-state index in [1.54, 1.807) is 0 Å². The summed E-state index contributed by atoms with van der Waals surface area (Å²) in [5.41, 5.74) is 10.3. The summed E-state index contributed by atoms with van der Waals surface area (Å²) in [4.78, 5) is 0. The lowest BCUT2D eigenvalue weighted by Gasteiger charge is -2.20. The molecule has 0 aliphatic carbocycles. The molecule has 0 atom stereocenters. The summed E-state index contributed by atoms with van der Waals surface area (Å²) in [6, 6.07) is 66.8. The van der Waals surface area contributed by atoms with E-state index in [2.05, 4.69) is 182 Å². The Morgan fingerprint density at radius 3 is 1.60 bits per heavy atom. The van der Waals surface area contributed by atoms with Crippen LogP contribution >= 0.6 is 0 Å². The van der Waals surface area contributed by atoms with E-state index in [0.717, 1.165) is 6.42 Å². The quantitative estimate of drug-likeness (QED) is 0.173. The fraction of sp³-hybridized carbons (Fsp3) is 0.0213. The number of benzene rings is 9. The lowest BCUT2D eigenvalue weighted by atomic mass is 9.84. The standard InChI is InChI=1S/C47H32/c1-2-15-33(16-3-1)39-20-8-6-19-36(39)30-46-41-22-10-12-24-43(41)47(44-25-13-11-23-42(44)46)38-29-35-18-7-9-21-40(35)45(31-38)37-27-26-32-14-4-5-17-34(32)28-37/h1-29,31H,30H2. The van der Waals surface area contributed by atoms with Gasteiger partial charge in [0.05, 0.1) is 0 Å². The number of fused-ring (bicyclic) bond motifs is 4. The molecule has 0 bridgehead atoms. The molecule has 0 amide bonds. The van der Waals surface area contributed by atoms with Crippen molar-refractivity contribution in [3.05, 3.63) is 193 Å². The van der Waals surface area contributed by atoms with Gasteiger partial charge in [0.15, 0.2) is 0 Å². The maximum atomic E-state index is 2.42. The largest absolute Gasteiger partial charge is 0.0622 e. The second-order valence-electron chi connectivity index (χ2n) is 12.5. The summed E-state index contributed by atoms with van der Waals surface area (Å²) in [6.45, 7) is 0. The molecule has 9 aromatic rings. The molecule has 0 aliphatic heterocycles. The van der Waals surface area contributed by atoms with Gasteiger partial charge in [0.25, 0.3) is 0 Å². The molecule has 0 spiro atoms. The third-order valence-electron chi connectivity index (χ3n) is 9.72. The van der Waals surface area contributed by atoms with Gasteiger partial charge in [0, 0.05) is 0 Å². The van der Waals surface area contributed by atoms with Crippen LogP contribution in [0.25, 0.3) is 76.5 Å². The van der Waals surface area contributed by atoms with Crippen molar-refractivity contribution in [3.63, 3.8) is 0 Å². The van der Waals surface area contributed by atoms with E-state index in [-0.39, 0.29) is 0 Å². The lowest BCUT2D eigenvalue weighted by Crippen LogP contribution is -1.97. The Morgan fingerprint density at radius 2 is 0.851 bits per heavy atom. The highest BCUT2D eigenvalue weighted by Crippen LogP contribution is 2.43.